The fourth-order valence-corrected chi connectivity index (χ4v) is 4.99. The zero-order chi connectivity index (χ0) is 14.2. The van der Waals surface area contributed by atoms with Gasteiger partial charge in [0, 0.05) is 24.0 Å². The second kappa shape index (κ2) is 5.54. The highest BCUT2D eigenvalue weighted by molar-refractivity contribution is 7.09. The number of hydrogen-bond acceptors (Lipinski definition) is 3. The van der Waals surface area contributed by atoms with Crippen LogP contribution in [0, 0.1) is 11.8 Å². The fourth-order valence-electron chi connectivity index (χ4n) is 4.32. The minimum Gasteiger partial charge on any atom is -0.314 e. The molecule has 1 N–H and O–H groups in total. The molecule has 4 atom stereocenters. The highest BCUT2D eigenvalue weighted by Crippen LogP contribution is 2.61. The number of thiazole rings is 1. The van der Waals surface area contributed by atoms with E-state index in [1.165, 1.54) is 17.8 Å². The van der Waals surface area contributed by atoms with Crippen LogP contribution in [0.3, 0.4) is 0 Å². The van der Waals surface area contributed by atoms with Crippen LogP contribution in [0.1, 0.15) is 35.4 Å². The van der Waals surface area contributed by atoms with Gasteiger partial charge in [0.1, 0.15) is 0 Å². The van der Waals surface area contributed by atoms with Crippen LogP contribution >= 0.6 is 11.3 Å². The molecule has 0 aliphatic heterocycles. The molecule has 4 rings (SSSR count). The van der Waals surface area contributed by atoms with Crippen LogP contribution in [0.15, 0.2) is 35.8 Å². The summed E-state index contributed by atoms with van der Waals surface area (Å²) in [5.41, 5.74) is 3.21. The average Bonchev–Trinajstić information content (AvgIpc) is 3.04. The van der Waals surface area contributed by atoms with Crippen molar-refractivity contribution in [3.63, 3.8) is 0 Å². The zero-order valence-electron chi connectivity index (χ0n) is 12.5. The molecule has 2 nitrogen and oxygen atoms in total. The minimum absolute atomic E-state index is 0.585. The van der Waals surface area contributed by atoms with Gasteiger partial charge in [-0.15, -0.1) is 11.3 Å². The van der Waals surface area contributed by atoms with E-state index in [-0.39, 0.29) is 0 Å². The predicted molar refractivity (Wildman–Crippen MR) is 87.8 cm³/mol. The van der Waals surface area contributed by atoms with Crippen LogP contribution in [0.2, 0.25) is 0 Å². The van der Waals surface area contributed by atoms with Gasteiger partial charge in [-0.1, -0.05) is 31.2 Å². The summed E-state index contributed by atoms with van der Waals surface area (Å²) < 4.78 is 0. The van der Waals surface area contributed by atoms with Crippen molar-refractivity contribution in [1.82, 2.24) is 10.3 Å². The molecule has 2 aromatic rings. The highest BCUT2D eigenvalue weighted by Gasteiger charge is 2.55. The lowest BCUT2D eigenvalue weighted by Gasteiger charge is -2.17. The fraction of sp³-hybridized carbons (Fsp3) is 0.500. The van der Waals surface area contributed by atoms with Crippen molar-refractivity contribution in [1.29, 1.82) is 0 Å². The standard InChI is InChI=1S/C18H22N2S/c1-2-19-15(11-16-20-9-10-21-16)18-14-8-7-12-5-3-4-6-13(12)17(14)18/h3-6,9-10,14-15,17-19H,2,7-8,11H2,1H3. The second-order valence-corrected chi connectivity index (χ2v) is 7.28. The highest BCUT2D eigenvalue weighted by atomic mass is 32.1. The summed E-state index contributed by atoms with van der Waals surface area (Å²) in [7, 11) is 0. The van der Waals surface area contributed by atoms with Gasteiger partial charge in [0.25, 0.3) is 0 Å². The van der Waals surface area contributed by atoms with E-state index >= 15 is 0 Å². The number of aromatic nitrogens is 1. The number of nitrogens with one attached hydrogen (secondary N) is 1. The molecule has 0 bridgehead atoms. The van der Waals surface area contributed by atoms with Crippen LogP contribution in [0.25, 0.3) is 0 Å². The number of benzene rings is 1. The first-order valence-electron chi connectivity index (χ1n) is 8.08. The number of likely N-dealkylation sites (N-methyl/N-ethyl adjacent to an activating group) is 1. The van der Waals surface area contributed by atoms with Gasteiger partial charge in [0.2, 0.25) is 0 Å². The largest absolute Gasteiger partial charge is 0.314 e. The molecule has 1 aromatic heterocycles. The van der Waals surface area contributed by atoms with Crippen molar-refractivity contribution in [3.05, 3.63) is 52.0 Å². The lowest BCUT2D eigenvalue weighted by atomic mass is 9.92. The molecule has 2 aliphatic carbocycles. The zero-order valence-corrected chi connectivity index (χ0v) is 13.3. The first-order chi connectivity index (χ1) is 10.4. The third-order valence-corrected chi connectivity index (χ3v) is 6.00. The Bertz CT molecular complexity index is 607. The Hall–Kier alpha value is -1.19. The molecule has 1 fully saturated rings. The first kappa shape index (κ1) is 13.5. The Morgan fingerprint density at radius 1 is 1.38 bits per heavy atom. The summed E-state index contributed by atoms with van der Waals surface area (Å²) in [5, 5.41) is 7.10. The average molecular weight is 298 g/mol. The third kappa shape index (κ3) is 2.43. The Morgan fingerprint density at radius 2 is 2.29 bits per heavy atom. The normalized spacial score (nSPS) is 27.8. The van der Waals surface area contributed by atoms with Crippen LogP contribution in [-0.4, -0.2) is 17.6 Å². The van der Waals surface area contributed by atoms with Gasteiger partial charge in [-0.2, -0.15) is 0 Å². The van der Waals surface area contributed by atoms with Gasteiger partial charge in [0.05, 0.1) is 5.01 Å². The maximum Gasteiger partial charge on any atom is 0.0940 e. The molecule has 1 aromatic carbocycles. The smallest absolute Gasteiger partial charge is 0.0940 e. The predicted octanol–water partition coefficient (Wildman–Crippen LogP) is 3.64. The van der Waals surface area contributed by atoms with E-state index in [1.54, 1.807) is 22.5 Å². The molecule has 4 unspecified atom stereocenters. The lowest BCUT2D eigenvalue weighted by molar-refractivity contribution is 0.441. The van der Waals surface area contributed by atoms with Crippen LogP contribution in [0.4, 0.5) is 0 Å². The van der Waals surface area contributed by atoms with E-state index in [0.29, 0.717) is 6.04 Å². The summed E-state index contributed by atoms with van der Waals surface area (Å²) in [5.74, 6) is 2.49. The van der Waals surface area contributed by atoms with Gasteiger partial charge < -0.3 is 5.32 Å². The molecule has 0 radical (unpaired) electrons. The molecule has 21 heavy (non-hydrogen) atoms. The maximum atomic E-state index is 4.49. The van der Waals surface area contributed by atoms with E-state index in [2.05, 4.69) is 46.9 Å². The molecular formula is C18H22N2S. The van der Waals surface area contributed by atoms with Gasteiger partial charge in [0.15, 0.2) is 0 Å². The van der Waals surface area contributed by atoms with Gasteiger partial charge in [-0.05, 0) is 48.3 Å². The van der Waals surface area contributed by atoms with Crippen molar-refractivity contribution in [2.75, 3.05) is 6.54 Å². The van der Waals surface area contributed by atoms with Crippen molar-refractivity contribution in [3.8, 4) is 0 Å². The summed E-state index contributed by atoms with van der Waals surface area (Å²) in [6.45, 7) is 3.27. The quantitative estimate of drug-likeness (QED) is 0.911. The molecular weight excluding hydrogens is 276 g/mol. The Morgan fingerprint density at radius 3 is 3.10 bits per heavy atom. The van der Waals surface area contributed by atoms with Gasteiger partial charge >= 0.3 is 0 Å². The minimum atomic E-state index is 0.585. The number of aryl methyl sites for hydroxylation is 1. The molecule has 1 heterocycles. The molecule has 3 heteroatoms. The molecule has 0 spiro atoms. The van der Waals surface area contributed by atoms with E-state index in [0.717, 1.165) is 30.7 Å². The Kier molecular flexibility index (Phi) is 3.56. The van der Waals surface area contributed by atoms with Gasteiger partial charge in [-0.25, -0.2) is 4.98 Å². The van der Waals surface area contributed by atoms with Gasteiger partial charge in [-0.3, -0.25) is 0 Å². The maximum absolute atomic E-state index is 4.49. The van der Waals surface area contributed by atoms with Crippen molar-refractivity contribution < 1.29 is 0 Å². The van der Waals surface area contributed by atoms with Crippen LogP contribution < -0.4 is 5.32 Å². The second-order valence-electron chi connectivity index (χ2n) is 6.30. The topological polar surface area (TPSA) is 24.9 Å². The SMILES string of the molecule is CCNC(Cc1nccs1)C1C2CCc3ccccc3C21. The molecule has 0 amide bonds. The molecule has 0 saturated heterocycles. The monoisotopic (exact) mass is 298 g/mol. The summed E-state index contributed by atoms with van der Waals surface area (Å²) in [6.07, 6.45) is 5.65. The number of fused-ring (bicyclic) bond motifs is 3. The lowest BCUT2D eigenvalue weighted by Crippen LogP contribution is -2.34. The third-order valence-electron chi connectivity index (χ3n) is 5.20. The van der Waals surface area contributed by atoms with Crippen molar-refractivity contribution in [2.45, 2.75) is 38.1 Å². The van der Waals surface area contributed by atoms with Crippen LogP contribution in [-0.2, 0) is 12.8 Å². The molecule has 110 valence electrons. The van der Waals surface area contributed by atoms with Crippen molar-refractivity contribution >= 4 is 11.3 Å². The van der Waals surface area contributed by atoms with E-state index in [4.69, 9.17) is 0 Å². The summed E-state index contributed by atoms with van der Waals surface area (Å²) >= 11 is 1.79. The summed E-state index contributed by atoms with van der Waals surface area (Å²) in [6, 6.07) is 9.66. The van der Waals surface area contributed by atoms with Crippen molar-refractivity contribution in [2.24, 2.45) is 11.8 Å². The first-order valence-corrected chi connectivity index (χ1v) is 8.96. The molecule has 1 saturated carbocycles. The number of nitrogens with zero attached hydrogens (tertiary/aromatic N) is 1. The summed E-state index contributed by atoms with van der Waals surface area (Å²) in [4.78, 5) is 4.49. The number of rotatable bonds is 5. The Labute approximate surface area is 130 Å². The molecule has 2 aliphatic rings. The Balaban J connectivity index is 1.56. The van der Waals surface area contributed by atoms with E-state index in [1.807, 2.05) is 6.20 Å². The van der Waals surface area contributed by atoms with Crippen LogP contribution in [0.5, 0.6) is 0 Å². The van der Waals surface area contributed by atoms with E-state index < -0.39 is 0 Å². The van der Waals surface area contributed by atoms with E-state index in [9.17, 15) is 0 Å². The number of hydrogen-bond donors (Lipinski definition) is 1.